The molecule has 6 nitrogen and oxygen atoms in total. The zero-order valence-electron chi connectivity index (χ0n) is 16.0. The predicted molar refractivity (Wildman–Crippen MR) is 104 cm³/mol. The summed E-state index contributed by atoms with van der Waals surface area (Å²) >= 11 is 0. The van der Waals surface area contributed by atoms with Gasteiger partial charge in [-0.25, -0.2) is 13.2 Å². The molecule has 1 aromatic heterocycles. The molecule has 2 aromatic rings. The van der Waals surface area contributed by atoms with Gasteiger partial charge in [-0.05, 0) is 49.1 Å². The van der Waals surface area contributed by atoms with Gasteiger partial charge in [0.15, 0.2) is 0 Å². The summed E-state index contributed by atoms with van der Waals surface area (Å²) in [6, 6.07) is 8.42. The monoisotopic (exact) mass is 390 g/mol. The number of hydrogen-bond acceptors (Lipinski definition) is 5. The van der Waals surface area contributed by atoms with Crippen LogP contribution in [-0.2, 0) is 21.2 Å². The van der Waals surface area contributed by atoms with Crippen molar-refractivity contribution in [1.29, 1.82) is 0 Å². The number of nitrogens with zero attached hydrogens (tertiary/aromatic N) is 2. The third kappa shape index (κ3) is 5.37. The van der Waals surface area contributed by atoms with E-state index in [0.717, 1.165) is 12.0 Å². The third-order valence-electron chi connectivity index (χ3n) is 4.34. The third-order valence-corrected chi connectivity index (χ3v) is 6.38. The van der Waals surface area contributed by atoms with Crippen LogP contribution in [0.15, 0.2) is 47.6 Å². The number of ether oxygens (including phenoxy) is 1. The maximum Gasteiger partial charge on any atom is 0.338 e. The van der Waals surface area contributed by atoms with Crippen molar-refractivity contribution in [3.63, 3.8) is 0 Å². The predicted octanol–water partition coefficient (Wildman–Crippen LogP) is 3.21. The van der Waals surface area contributed by atoms with E-state index in [0.29, 0.717) is 25.1 Å². The zero-order valence-corrected chi connectivity index (χ0v) is 16.8. The van der Waals surface area contributed by atoms with Gasteiger partial charge in [-0.3, -0.25) is 4.98 Å². The molecule has 0 unspecified atom stereocenters. The van der Waals surface area contributed by atoms with Crippen molar-refractivity contribution in [2.45, 2.75) is 38.5 Å². The first-order valence-corrected chi connectivity index (χ1v) is 10.5. The molecule has 146 valence electrons. The molecular weight excluding hydrogens is 364 g/mol. The summed E-state index contributed by atoms with van der Waals surface area (Å²) in [5, 5.41) is 0. The van der Waals surface area contributed by atoms with Gasteiger partial charge in [0.25, 0.3) is 0 Å². The van der Waals surface area contributed by atoms with E-state index in [2.05, 4.69) is 4.98 Å². The van der Waals surface area contributed by atoms with Crippen LogP contribution in [-0.4, -0.2) is 43.4 Å². The van der Waals surface area contributed by atoms with E-state index in [9.17, 15) is 13.2 Å². The molecule has 1 aromatic carbocycles. The Kier molecular flexibility index (Phi) is 7.50. The van der Waals surface area contributed by atoms with Gasteiger partial charge < -0.3 is 4.74 Å². The van der Waals surface area contributed by atoms with Crippen LogP contribution in [0.4, 0.5) is 0 Å². The van der Waals surface area contributed by atoms with Gasteiger partial charge in [-0.15, -0.1) is 0 Å². The summed E-state index contributed by atoms with van der Waals surface area (Å²) in [7, 11) is -3.62. The topological polar surface area (TPSA) is 76.6 Å². The first-order chi connectivity index (χ1) is 12.9. The molecule has 0 aliphatic heterocycles. The fourth-order valence-electron chi connectivity index (χ4n) is 2.76. The number of sulfonamides is 1. The highest BCUT2D eigenvalue weighted by atomic mass is 32.2. The second-order valence-corrected chi connectivity index (χ2v) is 8.10. The molecule has 0 aliphatic carbocycles. The van der Waals surface area contributed by atoms with E-state index in [-0.39, 0.29) is 17.1 Å². The van der Waals surface area contributed by atoms with Crippen LogP contribution in [0.3, 0.4) is 0 Å². The maximum absolute atomic E-state index is 12.7. The Labute approximate surface area is 161 Å². The maximum atomic E-state index is 12.7. The molecule has 0 saturated heterocycles. The molecule has 7 heteroatoms. The average molecular weight is 391 g/mol. The fraction of sp³-hybridized carbons (Fsp3) is 0.400. The molecule has 0 aliphatic rings. The Bertz CT molecular complexity index is 863. The van der Waals surface area contributed by atoms with Gasteiger partial charge >= 0.3 is 5.97 Å². The summed E-state index contributed by atoms with van der Waals surface area (Å²) in [5.41, 5.74) is 2.05. The molecule has 0 radical (unpaired) electrons. The number of esters is 1. The lowest BCUT2D eigenvalue weighted by atomic mass is 10.1. The SMILES string of the molecule is CCN(CC)S(=O)(=O)c1ccc(C)c(C(=O)OCCCc2cccnc2)c1. The second-order valence-electron chi connectivity index (χ2n) is 6.17. The molecule has 0 atom stereocenters. The van der Waals surface area contributed by atoms with Crippen molar-refractivity contribution in [3.05, 3.63) is 59.4 Å². The van der Waals surface area contributed by atoms with Crippen LogP contribution in [0, 0.1) is 6.92 Å². The van der Waals surface area contributed by atoms with Crippen molar-refractivity contribution in [2.75, 3.05) is 19.7 Å². The van der Waals surface area contributed by atoms with Crippen molar-refractivity contribution in [1.82, 2.24) is 9.29 Å². The Morgan fingerprint density at radius 3 is 2.56 bits per heavy atom. The molecule has 0 fully saturated rings. The molecule has 27 heavy (non-hydrogen) atoms. The Balaban J connectivity index is 2.05. The molecule has 0 amide bonds. The van der Waals surface area contributed by atoms with Gasteiger partial charge in [0.05, 0.1) is 17.1 Å². The number of carbonyl (C=O) groups is 1. The zero-order chi connectivity index (χ0) is 19.9. The first-order valence-electron chi connectivity index (χ1n) is 9.07. The molecule has 1 heterocycles. The van der Waals surface area contributed by atoms with Gasteiger partial charge in [-0.2, -0.15) is 4.31 Å². The lowest BCUT2D eigenvalue weighted by Crippen LogP contribution is -2.30. The molecular formula is C20H26N2O4S. The van der Waals surface area contributed by atoms with E-state index < -0.39 is 16.0 Å². The van der Waals surface area contributed by atoms with Crippen LogP contribution in [0.25, 0.3) is 0 Å². The standard InChI is InChI=1S/C20H26N2O4S/c1-4-22(5-2)27(24,25)18-11-10-16(3)19(14-18)20(23)26-13-7-9-17-8-6-12-21-15-17/h6,8,10-12,14-15H,4-5,7,9,13H2,1-3H3. The number of aromatic nitrogens is 1. The van der Waals surface area contributed by atoms with Gasteiger partial charge in [-0.1, -0.05) is 26.0 Å². The number of carbonyl (C=O) groups excluding carboxylic acids is 1. The van der Waals surface area contributed by atoms with Crippen LogP contribution < -0.4 is 0 Å². The second kappa shape index (κ2) is 9.62. The van der Waals surface area contributed by atoms with Crippen LogP contribution in [0.1, 0.15) is 41.8 Å². The normalized spacial score (nSPS) is 11.6. The van der Waals surface area contributed by atoms with Gasteiger partial charge in [0.2, 0.25) is 10.0 Å². The van der Waals surface area contributed by atoms with Crippen LogP contribution in [0.5, 0.6) is 0 Å². The highest BCUT2D eigenvalue weighted by molar-refractivity contribution is 7.89. The number of pyridine rings is 1. The smallest absolute Gasteiger partial charge is 0.338 e. The summed E-state index contributed by atoms with van der Waals surface area (Å²) in [6.07, 6.45) is 4.93. The van der Waals surface area contributed by atoms with E-state index in [1.807, 2.05) is 12.1 Å². The van der Waals surface area contributed by atoms with Gasteiger partial charge in [0, 0.05) is 25.5 Å². The molecule has 0 saturated carbocycles. The lowest BCUT2D eigenvalue weighted by Gasteiger charge is -2.19. The first kappa shape index (κ1) is 21.1. The fourth-order valence-corrected chi connectivity index (χ4v) is 4.24. The minimum atomic E-state index is -3.62. The molecule has 0 N–H and O–H groups in total. The summed E-state index contributed by atoms with van der Waals surface area (Å²) < 4.78 is 32.0. The summed E-state index contributed by atoms with van der Waals surface area (Å²) in [6.45, 7) is 6.35. The number of rotatable bonds is 9. The number of aryl methyl sites for hydroxylation is 2. The van der Waals surface area contributed by atoms with Crippen LogP contribution in [0.2, 0.25) is 0 Å². The minimum absolute atomic E-state index is 0.110. The summed E-state index contributed by atoms with van der Waals surface area (Å²) in [5.74, 6) is -0.504. The van der Waals surface area contributed by atoms with Crippen molar-refractivity contribution >= 4 is 16.0 Å². The summed E-state index contributed by atoms with van der Waals surface area (Å²) in [4.78, 5) is 16.6. The lowest BCUT2D eigenvalue weighted by molar-refractivity contribution is 0.0499. The number of hydrogen-bond donors (Lipinski definition) is 0. The van der Waals surface area contributed by atoms with E-state index in [4.69, 9.17) is 4.74 Å². The van der Waals surface area contributed by atoms with E-state index >= 15 is 0 Å². The Morgan fingerprint density at radius 1 is 1.19 bits per heavy atom. The number of benzene rings is 1. The molecule has 0 bridgehead atoms. The highest BCUT2D eigenvalue weighted by Crippen LogP contribution is 2.20. The quantitative estimate of drug-likeness (QED) is 0.485. The van der Waals surface area contributed by atoms with Crippen molar-refractivity contribution in [2.24, 2.45) is 0 Å². The Morgan fingerprint density at radius 2 is 1.93 bits per heavy atom. The Hall–Kier alpha value is -2.25. The molecule has 0 spiro atoms. The van der Waals surface area contributed by atoms with Crippen molar-refractivity contribution < 1.29 is 17.9 Å². The largest absolute Gasteiger partial charge is 0.462 e. The van der Waals surface area contributed by atoms with Gasteiger partial charge in [0.1, 0.15) is 0 Å². The van der Waals surface area contributed by atoms with E-state index in [1.54, 1.807) is 39.2 Å². The molecule has 2 rings (SSSR count). The van der Waals surface area contributed by atoms with Crippen molar-refractivity contribution in [3.8, 4) is 0 Å². The average Bonchev–Trinajstić information content (AvgIpc) is 2.67. The minimum Gasteiger partial charge on any atom is -0.462 e. The van der Waals surface area contributed by atoms with Crippen LogP contribution >= 0.6 is 0 Å². The highest BCUT2D eigenvalue weighted by Gasteiger charge is 2.23. The van der Waals surface area contributed by atoms with E-state index in [1.165, 1.54) is 16.4 Å².